The SMILES string of the molecule is CC(=O)c1ccc(SCc2ccc(Cl)cc2)c(Br)c1. The zero-order valence-corrected chi connectivity index (χ0v) is 13.5. The van der Waals surface area contributed by atoms with Gasteiger partial charge in [0.25, 0.3) is 0 Å². The molecule has 0 amide bonds. The van der Waals surface area contributed by atoms with Gasteiger partial charge in [-0.05, 0) is 52.7 Å². The van der Waals surface area contributed by atoms with Crippen LogP contribution in [0.3, 0.4) is 0 Å². The summed E-state index contributed by atoms with van der Waals surface area (Å²) >= 11 is 11.1. The monoisotopic (exact) mass is 354 g/mol. The molecular weight excluding hydrogens is 344 g/mol. The molecule has 4 heteroatoms. The van der Waals surface area contributed by atoms with Crippen molar-refractivity contribution in [3.63, 3.8) is 0 Å². The van der Waals surface area contributed by atoms with Gasteiger partial charge in [0.1, 0.15) is 0 Å². The highest BCUT2D eigenvalue weighted by Gasteiger charge is 2.05. The van der Waals surface area contributed by atoms with Crippen molar-refractivity contribution in [2.24, 2.45) is 0 Å². The van der Waals surface area contributed by atoms with Crippen LogP contribution in [0.5, 0.6) is 0 Å². The molecule has 0 atom stereocenters. The molecule has 0 bridgehead atoms. The first-order valence-corrected chi connectivity index (χ1v) is 7.89. The van der Waals surface area contributed by atoms with Crippen molar-refractivity contribution in [3.05, 3.63) is 63.1 Å². The number of halogens is 2. The maximum atomic E-state index is 11.3. The van der Waals surface area contributed by atoms with E-state index in [2.05, 4.69) is 15.9 Å². The van der Waals surface area contributed by atoms with Crippen molar-refractivity contribution in [2.45, 2.75) is 17.6 Å². The molecule has 1 nitrogen and oxygen atoms in total. The number of carbonyl (C=O) groups excluding carboxylic acids is 1. The summed E-state index contributed by atoms with van der Waals surface area (Å²) in [4.78, 5) is 12.4. The summed E-state index contributed by atoms with van der Waals surface area (Å²) in [5.74, 6) is 0.949. The predicted molar refractivity (Wildman–Crippen MR) is 85.2 cm³/mol. The van der Waals surface area contributed by atoms with Crippen LogP contribution in [0.2, 0.25) is 5.02 Å². The first-order chi connectivity index (χ1) is 9.06. The van der Waals surface area contributed by atoms with Gasteiger partial charge in [0.2, 0.25) is 0 Å². The Balaban J connectivity index is 2.07. The van der Waals surface area contributed by atoms with Gasteiger partial charge >= 0.3 is 0 Å². The van der Waals surface area contributed by atoms with E-state index in [9.17, 15) is 4.79 Å². The number of ketones is 1. The summed E-state index contributed by atoms with van der Waals surface area (Å²) < 4.78 is 0.958. The third-order valence-electron chi connectivity index (χ3n) is 2.65. The summed E-state index contributed by atoms with van der Waals surface area (Å²) in [6, 6.07) is 13.5. The van der Waals surface area contributed by atoms with Gasteiger partial charge in [0, 0.05) is 25.7 Å². The average Bonchev–Trinajstić information content (AvgIpc) is 2.39. The first kappa shape index (κ1) is 14.6. The van der Waals surface area contributed by atoms with E-state index in [4.69, 9.17) is 11.6 Å². The maximum absolute atomic E-state index is 11.3. The van der Waals surface area contributed by atoms with Crippen LogP contribution in [0.4, 0.5) is 0 Å². The van der Waals surface area contributed by atoms with Gasteiger partial charge in [-0.2, -0.15) is 0 Å². The highest BCUT2D eigenvalue weighted by molar-refractivity contribution is 9.10. The van der Waals surface area contributed by atoms with Crippen LogP contribution in [-0.2, 0) is 5.75 Å². The molecule has 2 aromatic rings. The zero-order chi connectivity index (χ0) is 13.8. The minimum absolute atomic E-state index is 0.0787. The maximum Gasteiger partial charge on any atom is 0.159 e. The number of hydrogen-bond donors (Lipinski definition) is 0. The molecule has 0 N–H and O–H groups in total. The molecule has 0 spiro atoms. The van der Waals surface area contributed by atoms with Gasteiger partial charge in [-0.3, -0.25) is 4.79 Å². The van der Waals surface area contributed by atoms with Gasteiger partial charge in [-0.15, -0.1) is 11.8 Å². The van der Waals surface area contributed by atoms with Crippen LogP contribution in [0.25, 0.3) is 0 Å². The second kappa shape index (κ2) is 6.60. The summed E-state index contributed by atoms with van der Waals surface area (Å²) in [6.07, 6.45) is 0. The molecule has 0 aliphatic rings. The normalized spacial score (nSPS) is 10.5. The minimum Gasteiger partial charge on any atom is -0.295 e. The summed E-state index contributed by atoms with van der Waals surface area (Å²) in [7, 11) is 0. The lowest BCUT2D eigenvalue weighted by atomic mass is 10.2. The van der Waals surface area contributed by atoms with E-state index >= 15 is 0 Å². The van der Waals surface area contributed by atoms with Gasteiger partial charge in [0.05, 0.1) is 0 Å². The Morgan fingerprint density at radius 2 is 1.89 bits per heavy atom. The van der Waals surface area contributed by atoms with E-state index in [1.807, 2.05) is 42.5 Å². The van der Waals surface area contributed by atoms with Crippen LogP contribution in [0.1, 0.15) is 22.8 Å². The van der Waals surface area contributed by atoms with Crippen molar-refractivity contribution in [2.75, 3.05) is 0 Å². The Labute approximate surface area is 130 Å². The lowest BCUT2D eigenvalue weighted by Crippen LogP contribution is -1.92. The molecule has 0 unspecified atom stereocenters. The van der Waals surface area contributed by atoms with Crippen molar-refractivity contribution < 1.29 is 4.79 Å². The number of hydrogen-bond acceptors (Lipinski definition) is 2. The topological polar surface area (TPSA) is 17.1 Å². The Kier molecular flexibility index (Phi) is 5.08. The van der Waals surface area contributed by atoms with Crippen molar-refractivity contribution in [1.82, 2.24) is 0 Å². The summed E-state index contributed by atoms with van der Waals surface area (Å²) in [5, 5.41) is 0.751. The van der Waals surface area contributed by atoms with Gasteiger partial charge in [0.15, 0.2) is 5.78 Å². The standard InChI is InChI=1S/C15H12BrClOS/c1-10(18)12-4-7-15(14(16)8-12)19-9-11-2-5-13(17)6-3-11/h2-8H,9H2,1H3. The Morgan fingerprint density at radius 1 is 1.21 bits per heavy atom. The number of Topliss-reactive ketones (excluding diaryl/α,β-unsaturated/α-hetero) is 1. The van der Waals surface area contributed by atoms with Crippen LogP contribution in [-0.4, -0.2) is 5.78 Å². The van der Waals surface area contributed by atoms with E-state index in [0.717, 1.165) is 25.7 Å². The van der Waals surface area contributed by atoms with Crippen LogP contribution in [0.15, 0.2) is 51.8 Å². The molecule has 0 saturated heterocycles. The van der Waals surface area contributed by atoms with E-state index in [0.29, 0.717) is 0 Å². The molecule has 0 saturated carbocycles. The lowest BCUT2D eigenvalue weighted by Gasteiger charge is -2.06. The quantitative estimate of drug-likeness (QED) is 0.524. The number of carbonyl (C=O) groups is 1. The van der Waals surface area contributed by atoms with Crippen molar-refractivity contribution in [3.8, 4) is 0 Å². The van der Waals surface area contributed by atoms with Gasteiger partial charge < -0.3 is 0 Å². The molecule has 2 rings (SSSR count). The molecule has 0 aromatic heterocycles. The average molecular weight is 356 g/mol. The molecule has 0 fully saturated rings. The predicted octanol–water partition coefficient (Wildman–Crippen LogP) is 5.60. The summed E-state index contributed by atoms with van der Waals surface area (Å²) in [6.45, 7) is 1.57. The van der Waals surface area contributed by atoms with Crippen molar-refractivity contribution >= 4 is 45.1 Å². The largest absolute Gasteiger partial charge is 0.295 e. The fourth-order valence-corrected chi connectivity index (χ4v) is 3.30. The van der Waals surface area contributed by atoms with Gasteiger partial charge in [-0.1, -0.05) is 29.8 Å². The molecule has 19 heavy (non-hydrogen) atoms. The Hall–Kier alpha value is -0.770. The van der Waals surface area contributed by atoms with E-state index in [1.54, 1.807) is 18.7 Å². The highest BCUT2D eigenvalue weighted by Crippen LogP contribution is 2.31. The minimum atomic E-state index is 0.0787. The second-order valence-corrected chi connectivity index (χ2v) is 6.42. The molecule has 0 aliphatic heterocycles. The molecular formula is C15H12BrClOS. The van der Waals surface area contributed by atoms with Crippen molar-refractivity contribution in [1.29, 1.82) is 0 Å². The third kappa shape index (κ3) is 4.10. The number of benzene rings is 2. The first-order valence-electron chi connectivity index (χ1n) is 5.74. The number of thioether (sulfide) groups is 1. The lowest BCUT2D eigenvalue weighted by molar-refractivity contribution is 0.101. The van der Waals surface area contributed by atoms with Crippen LogP contribution >= 0.6 is 39.3 Å². The molecule has 0 heterocycles. The van der Waals surface area contributed by atoms with Gasteiger partial charge in [-0.25, -0.2) is 0 Å². The fraction of sp³-hybridized carbons (Fsp3) is 0.133. The zero-order valence-electron chi connectivity index (χ0n) is 10.3. The summed E-state index contributed by atoms with van der Waals surface area (Å²) in [5.41, 5.74) is 1.94. The number of rotatable bonds is 4. The third-order valence-corrected chi connectivity index (χ3v) is 4.96. The molecule has 0 aliphatic carbocycles. The van der Waals surface area contributed by atoms with Crippen LogP contribution in [0, 0.1) is 0 Å². The molecule has 0 radical (unpaired) electrons. The highest BCUT2D eigenvalue weighted by atomic mass is 79.9. The Bertz CT molecular complexity index is 596. The van der Waals surface area contributed by atoms with Crippen LogP contribution < -0.4 is 0 Å². The smallest absolute Gasteiger partial charge is 0.159 e. The second-order valence-electron chi connectivity index (χ2n) is 4.12. The van der Waals surface area contributed by atoms with E-state index in [1.165, 1.54) is 5.56 Å². The fourth-order valence-electron chi connectivity index (χ4n) is 1.58. The van der Waals surface area contributed by atoms with E-state index < -0.39 is 0 Å². The Morgan fingerprint density at radius 3 is 2.47 bits per heavy atom. The molecule has 98 valence electrons. The van der Waals surface area contributed by atoms with E-state index in [-0.39, 0.29) is 5.78 Å². The molecule has 2 aromatic carbocycles.